The van der Waals surface area contributed by atoms with Gasteiger partial charge in [0.25, 0.3) is 0 Å². The van der Waals surface area contributed by atoms with Gasteiger partial charge in [0.05, 0.1) is 12.0 Å². The second-order valence-electron chi connectivity index (χ2n) is 4.50. The Hall–Kier alpha value is -2.43. The number of nitrogens with one attached hydrogen (secondary N) is 1. The third-order valence-electron chi connectivity index (χ3n) is 3.23. The Bertz CT molecular complexity index is 801. The normalized spacial score (nSPS) is 11.1. The minimum absolute atomic E-state index is 0.103. The van der Waals surface area contributed by atoms with E-state index in [4.69, 9.17) is 0 Å². The van der Waals surface area contributed by atoms with Crippen LogP contribution in [-0.2, 0) is 13.5 Å². The molecule has 5 heteroatoms. The smallest absolute Gasteiger partial charge is 0.248 e. The molecule has 3 heterocycles. The zero-order chi connectivity index (χ0) is 13.4. The lowest BCUT2D eigenvalue weighted by atomic mass is 10.1. The molecule has 5 nitrogen and oxygen atoms in total. The second-order valence-corrected chi connectivity index (χ2v) is 4.50. The molecule has 0 radical (unpaired) electrons. The van der Waals surface area contributed by atoms with Crippen molar-refractivity contribution in [1.82, 2.24) is 19.5 Å². The fraction of sp³-hybridized carbons (Fsp3) is 0.214. The van der Waals surface area contributed by atoms with Crippen molar-refractivity contribution in [2.75, 3.05) is 0 Å². The molecule has 0 aliphatic heterocycles. The lowest BCUT2D eigenvalue weighted by Crippen LogP contribution is -2.07. The SMILES string of the molecule is CCc1ccc(=O)[nH]c1-c1cnc2c(c1)ncn2C. The molecule has 0 fully saturated rings. The molecule has 0 spiro atoms. The van der Waals surface area contributed by atoms with Gasteiger partial charge in [0.15, 0.2) is 5.65 Å². The van der Waals surface area contributed by atoms with Gasteiger partial charge in [-0.2, -0.15) is 0 Å². The predicted molar refractivity (Wildman–Crippen MR) is 73.9 cm³/mol. The van der Waals surface area contributed by atoms with Gasteiger partial charge in [0.2, 0.25) is 5.56 Å². The Morgan fingerprint density at radius 1 is 1.32 bits per heavy atom. The van der Waals surface area contributed by atoms with Gasteiger partial charge in [-0.1, -0.05) is 13.0 Å². The first kappa shape index (κ1) is 11.6. The minimum Gasteiger partial charge on any atom is -0.322 e. The van der Waals surface area contributed by atoms with Crippen molar-refractivity contribution in [1.29, 1.82) is 0 Å². The minimum atomic E-state index is -0.103. The second kappa shape index (κ2) is 4.35. The van der Waals surface area contributed by atoms with Crippen molar-refractivity contribution < 1.29 is 0 Å². The van der Waals surface area contributed by atoms with Crippen molar-refractivity contribution >= 4 is 11.2 Å². The van der Waals surface area contributed by atoms with Gasteiger partial charge in [-0.25, -0.2) is 9.97 Å². The maximum atomic E-state index is 11.5. The molecule has 0 atom stereocenters. The average Bonchev–Trinajstić information content (AvgIpc) is 2.80. The van der Waals surface area contributed by atoms with Crippen molar-refractivity contribution in [3.8, 4) is 11.3 Å². The summed E-state index contributed by atoms with van der Waals surface area (Å²) in [6.07, 6.45) is 4.36. The number of fused-ring (bicyclic) bond motifs is 1. The molecule has 0 aliphatic rings. The largest absolute Gasteiger partial charge is 0.322 e. The number of rotatable bonds is 2. The van der Waals surface area contributed by atoms with Crippen LogP contribution < -0.4 is 5.56 Å². The summed E-state index contributed by atoms with van der Waals surface area (Å²) in [5, 5.41) is 0. The highest BCUT2D eigenvalue weighted by molar-refractivity contribution is 5.77. The molecule has 0 aromatic carbocycles. The summed E-state index contributed by atoms with van der Waals surface area (Å²) in [4.78, 5) is 23.1. The molecule has 0 amide bonds. The van der Waals surface area contributed by atoms with E-state index in [9.17, 15) is 4.79 Å². The highest BCUT2D eigenvalue weighted by atomic mass is 16.1. The monoisotopic (exact) mass is 254 g/mol. The Morgan fingerprint density at radius 3 is 2.95 bits per heavy atom. The van der Waals surface area contributed by atoms with E-state index in [1.165, 1.54) is 0 Å². The summed E-state index contributed by atoms with van der Waals surface area (Å²) < 4.78 is 1.87. The predicted octanol–water partition coefficient (Wildman–Crippen LogP) is 1.89. The summed E-state index contributed by atoms with van der Waals surface area (Å²) in [7, 11) is 1.91. The Balaban J connectivity index is 2.23. The highest BCUT2D eigenvalue weighted by Gasteiger charge is 2.08. The molecule has 3 aromatic heterocycles. The molecule has 0 unspecified atom stereocenters. The van der Waals surface area contributed by atoms with Crippen LogP contribution in [0.15, 0.2) is 35.5 Å². The summed E-state index contributed by atoms with van der Waals surface area (Å²) >= 11 is 0. The standard InChI is InChI=1S/C14H14N4O/c1-3-9-4-5-12(19)17-13(9)10-6-11-14(15-7-10)18(2)8-16-11/h4-8H,3H2,1-2H3,(H,17,19). The molecule has 19 heavy (non-hydrogen) atoms. The quantitative estimate of drug-likeness (QED) is 0.759. The number of aryl methyl sites for hydroxylation is 2. The van der Waals surface area contributed by atoms with Gasteiger partial charge in [-0.15, -0.1) is 0 Å². The van der Waals surface area contributed by atoms with E-state index in [2.05, 4.69) is 21.9 Å². The maximum Gasteiger partial charge on any atom is 0.248 e. The summed E-state index contributed by atoms with van der Waals surface area (Å²) in [5.41, 5.74) is 4.37. The van der Waals surface area contributed by atoms with Crippen LogP contribution in [-0.4, -0.2) is 19.5 Å². The zero-order valence-corrected chi connectivity index (χ0v) is 10.8. The topological polar surface area (TPSA) is 63.6 Å². The molecular formula is C14H14N4O. The zero-order valence-electron chi connectivity index (χ0n) is 10.8. The lowest BCUT2D eigenvalue weighted by molar-refractivity contribution is 0.931. The highest BCUT2D eigenvalue weighted by Crippen LogP contribution is 2.22. The van der Waals surface area contributed by atoms with Crippen LogP contribution in [0.5, 0.6) is 0 Å². The third kappa shape index (κ3) is 1.93. The molecule has 0 saturated heterocycles. The number of hydrogen-bond acceptors (Lipinski definition) is 3. The number of pyridine rings is 2. The lowest BCUT2D eigenvalue weighted by Gasteiger charge is -2.07. The van der Waals surface area contributed by atoms with Gasteiger partial charge >= 0.3 is 0 Å². The molecule has 96 valence electrons. The number of H-pyrrole nitrogens is 1. The Labute approximate surface area is 110 Å². The van der Waals surface area contributed by atoms with E-state index in [0.29, 0.717) is 0 Å². The van der Waals surface area contributed by atoms with Crippen molar-refractivity contribution in [2.45, 2.75) is 13.3 Å². The number of nitrogens with zero attached hydrogens (tertiary/aromatic N) is 3. The van der Waals surface area contributed by atoms with Crippen LogP contribution in [0.25, 0.3) is 22.4 Å². The van der Waals surface area contributed by atoms with E-state index in [-0.39, 0.29) is 5.56 Å². The first-order valence-electron chi connectivity index (χ1n) is 6.18. The molecule has 3 aromatic rings. The van der Waals surface area contributed by atoms with Crippen molar-refractivity contribution in [2.24, 2.45) is 7.05 Å². The van der Waals surface area contributed by atoms with E-state index in [1.54, 1.807) is 18.6 Å². The number of imidazole rings is 1. The summed E-state index contributed by atoms with van der Waals surface area (Å²) in [5.74, 6) is 0. The first-order valence-corrected chi connectivity index (χ1v) is 6.18. The molecule has 0 bridgehead atoms. The fourth-order valence-electron chi connectivity index (χ4n) is 2.21. The van der Waals surface area contributed by atoms with Crippen LogP contribution in [0.4, 0.5) is 0 Å². The third-order valence-corrected chi connectivity index (χ3v) is 3.23. The van der Waals surface area contributed by atoms with Gasteiger partial charge in [0.1, 0.15) is 5.52 Å². The Kier molecular flexibility index (Phi) is 2.67. The average molecular weight is 254 g/mol. The van der Waals surface area contributed by atoms with E-state index < -0.39 is 0 Å². The van der Waals surface area contributed by atoms with Crippen LogP contribution in [0, 0.1) is 0 Å². The molecule has 0 saturated carbocycles. The van der Waals surface area contributed by atoms with Crippen LogP contribution in [0.1, 0.15) is 12.5 Å². The van der Waals surface area contributed by atoms with Crippen LogP contribution >= 0.6 is 0 Å². The number of aromatic nitrogens is 4. The fourth-order valence-corrected chi connectivity index (χ4v) is 2.21. The summed E-state index contributed by atoms with van der Waals surface area (Å²) in [6, 6.07) is 5.36. The molecule has 3 rings (SSSR count). The van der Waals surface area contributed by atoms with E-state index in [1.807, 2.05) is 23.7 Å². The van der Waals surface area contributed by atoms with Crippen molar-refractivity contribution in [3.05, 3.63) is 46.6 Å². The van der Waals surface area contributed by atoms with Gasteiger partial charge in [0, 0.05) is 24.9 Å². The summed E-state index contributed by atoms with van der Waals surface area (Å²) in [6.45, 7) is 2.06. The van der Waals surface area contributed by atoms with Crippen LogP contribution in [0.2, 0.25) is 0 Å². The molecule has 0 aliphatic carbocycles. The maximum absolute atomic E-state index is 11.5. The van der Waals surface area contributed by atoms with Gasteiger partial charge in [-0.3, -0.25) is 4.79 Å². The Morgan fingerprint density at radius 2 is 2.16 bits per heavy atom. The van der Waals surface area contributed by atoms with Crippen LogP contribution in [0.3, 0.4) is 0 Å². The van der Waals surface area contributed by atoms with Gasteiger partial charge < -0.3 is 9.55 Å². The molecular weight excluding hydrogens is 240 g/mol. The van der Waals surface area contributed by atoms with E-state index in [0.717, 1.165) is 34.4 Å². The first-order chi connectivity index (χ1) is 9.19. The van der Waals surface area contributed by atoms with Gasteiger partial charge in [-0.05, 0) is 18.1 Å². The van der Waals surface area contributed by atoms with Crippen molar-refractivity contribution in [3.63, 3.8) is 0 Å². The number of aromatic amines is 1. The van der Waals surface area contributed by atoms with E-state index >= 15 is 0 Å². The number of hydrogen-bond donors (Lipinski definition) is 1. The molecule has 1 N–H and O–H groups in total.